The SMILES string of the molecule is CCCCCCCC/C=C/C/C=C/CCCCC(=O)OC[C@H](COP(=O)([O-])OCC[N+](C)(C)C)OC(=O)CCCCCCCCCCCCCCCCCC. The molecule has 9 nitrogen and oxygen atoms in total. The Bertz CT molecular complexity index is 996. The van der Waals surface area contributed by atoms with Gasteiger partial charge in [0.2, 0.25) is 0 Å². The fraction of sp³-hybridized carbons (Fsp3) is 0.867. The number of unbranched alkanes of at least 4 members (excludes halogenated alkanes) is 23. The second-order valence-corrected chi connectivity index (χ2v) is 17.8. The van der Waals surface area contributed by atoms with Gasteiger partial charge in [-0.15, -0.1) is 0 Å². The van der Waals surface area contributed by atoms with Gasteiger partial charge in [0.1, 0.15) is 19.8 Å². The number of carbonyl (C=O) groups is 2. The molecule has 0 rings (SSSR count). The van der Waals surface area contributed by atoms with Crippen LogP contribution in [-0.4, -0.2) is 70.0 Å². The van der Waals surface area contributed by atoms with Crippen LogP contribution in [0.1, 0.15) is 200 Å². The van der Waals surface area contributed by atoms with Gasteiger partial charge in [-0.25, -0.2) is 0 Å². The highest BCUT2D eigenvalue weighted by atomic mass is 31.2. The van der Waals surface area contributed by atoms with Crippen LogP contribution < -0.4 is 4.89 Å². The Morgan fingerprint density at radius 1 is 0.564 bits per heavy atom. The smallest absolute Gasteiger partial charge is 0.306 e. The van der Waals surface area contributed by atoms with Gasteiger partial charge < -0.3 is 27.9 Å². The van der Waals surface area contributed by atoms with Crippen LogP contribution in [-0.2, 0) is 32.7 Å². The Balaban J connectivity index is 4.37. The number of esters is 2. The minimum absolute atomic E-state index is 0.0336. The van der Waals surface area contributed by atoms with Crippen molar-refractivity contribution in [3.63, 3.8) is 0 Å². The van der Waals surface area contributed by atoms with Crippen LogP contribution in [0, 0.1) is 0 Å². The quantitative estimate of drug-likeness (QED) is 0.0198. The van der Waals surface area contributed by atoms with Crippen LogP contribution in [0.4, 0.5) is 0 Å². The van der Waals surface area contributed by atoms with Crippen molar-refractivity contribution in [3.8, 4) is 0 Å². The van der Waals surface area contributed by atoms with E-state index in [0.717, 1.165) is 38.5 Å². The molecule has 1 unspecified atom stereocenters. The molecular weight excluding hydrogens is 713 g/mol. The summed E-state index contributed by atoms with van der Waals surface area (Å²) in [6.07, 6.45) is 40.6. The van der Waals surface area contributed by atoms with Gasteiger partial charge in [0.15, 0.2) is 6.10 Å². The Labute approximate surface area is 339 Å². The van der Waals surface area contributed by atoms with E-state index in [1.165, 1.54) is 122 Å². The summed E-state index contributed by atoms with van der Waals surface area (Å²) in [4.78, 5) is 37.5. The summed E-state index contributed by atoms with van der Waals surface area (Å²) in [5.74, 6) is -0.865. The number of hydrogen-bond donors (Lipinski definition) is 0. The predicted octanol–water partition coefficient (Wildman–Crippen LogP) is 12.1. The fourth-order valence-corrected chi connectivity index (χ4v) is 6.88. The molecule has 55 heavy (non-hydrogen) atoms. The third-order valence-electron chi connectivity index (χ3n) is 9.72. The number of ether oxygens (including phenoxy) is 2. The maximum Gasteiger partial charge on any atom is 0.306 e. The lowest BCUT2D eigenvalue weighted by Gasteiger charge is -2.28. The zero-order chi connectivity index (χ0) is 40.7. The van der Waals surface area contributed by atoms with E-state index in [1.807, 2.05) is 21.1 Å². The molecule has 0 aliphatic carbocycles. The molecule has 324 valence electrons. The molecule has 0 fully saturated rings. The number of phosphoric acid groups is 1. The summed E-state index contributed by atoms with van der Waals surface area (Å²) in [6.45, 7) is 4.20. The van der Waals surface area contributed by atoms with Gasteiger partial charge in [-0.05, 0) is 44.9 Å². The number of allylic oxidation sites excluding steroid dienone is 4. The first-order chi connectivity index (χ1) is 26.5. The molecule has 0 amide bonds. The van der Waals surface area contributed by atoms with Gasteiger partial charge >= 0.3 is 11.9 Å². The average molecular weight is 800 g/mol. The van der Waals surface area contributed by atoms with Gasteiger partial charge in [-0.2, -0.15) is 0 Å². The molecule has 0 aromatic rings. The number of likely N-dealkylation sites (N-methyl/N-ethyl adjacent to an activating group) is 1. The third kappa shape index (κ3) is 41.9. The highest BCUT2D eigenvalue weighted by Crippen LogP contribution is 2.38. The Kier molecular flexibility index (Phi) is 37.0. The zero-order valence-electron chi connectivity index (χ0n) is 36.4. The lowest BCUT2D eigenvalue weighted by molar-refractivity contribution is -0.870. The van der Waals surface area contributed by atoms with Crippen LogP contribution in [0.15, 0.2) is 24.3 Å². The van der Waals surface area contributed by atoms with Crippen LogP contribution in [0.3, 0.4) is 0 Å². The average Bonchev–Trinajstić information content (AvgIpc) is 3.13. The van der Waals surface area contributed by atoms with E-state index >= 15 is 0 Å². The maximum absolute atomic E-state index is 12.7. The van der Waals surface area contributed by atoms with Gasteiger partial charge in [-0.3, -0.25) is 14.2 Å². The summed E-state index contributed by atoms with van der Waals surface area (Å²) in [5, 5.41) is 0. The lowest BCUT2D eigenvalue weighted by Crippen LogP contribution is -2.37. The van der Waals surface area contributed by atoms with Crippen molar-refractivity contribution >= 4 is 19.8 Å². The second-order valence-electron chi connectivity index (χ2n) is 16.4. The van der Waals surface area contributed by atoms with E-state index in [0.29, 0.717) is 23.9 Å². The van der Waals surface area contributed by atoms with Crippen molar-refractivity contribution in [3.05, 3.63) is 24.3 Å². The second kappa shape index (κ2) is 38.0. The van der Waals surface area contributed by atoms with E-state index in [4.69, 9.17) is 18.5 Å². The van der Waals surface area contributed by atoms with E-state index in [1.54, 1.807) is 0 Å². The molecule has 2 atom stereocenters. The van der Waals surface area contributed by atoms with E-state index < -0.39 is 32.5 Å². The fourth-order valence-electron chi connectivity index (χ4n) is 6.16. The molecule has 0 N–H and O–H groups in total. The van der Waals surface area contributed by atoms with Gasteiger partial charge in [0.25, 0.3) is 7.82 Å². The molecule has 0 aromatic heterocycles. The Morgan fingerprint density at radius 3 is 1.47 bits per heavy atom. The highest BCUT2D eigenvalue weighted by molar-refractivity contribution is 7.45. The van der Waals surface area contributed by atoms with Crippen molar-refractivity contribution in [2.75, 3.05) is 47.5 Å². The standard InChI is InChI=1S/C45H86NO8P/c1-6-8-10-12-14-16-18-20-22-24-26-28-30-32-34-36-38-45(48)54-43(42-53-55(49,50)52-40-39-46(3,4)5)41-51-44(47)37-35-33-31-29-27-25-23-21-19-17-15-13-11-9-7-2/h21,23,27,29,43H,6-20,22,24-26,28,30-42H2,1-5H3/b23-21+,29-27+/t43-/m1/s1. The molecule has 0 aromatic carbocycles. The number of carbonyl (C=O) groups excluding carboxylic acids is 2. The van der Waals surface area contributed by atoms with Crippen molar-refractivity contribution in [1.82, 2.24) is 0 Å². The molecule has 0 saturated carbocycles. The van der Waals surface area contributed by atoms with Crippen LogP contribution >= 0.6 is 7.82 Å². The van der Waals surface area contributed by atoms with Crippen molar-refractivity contribution in [2.45, 2.75) is 206 Å². The number of nitrogens with zero attached hydrogens (tertiary/aromatic N) is 1. The number of hydrogen-bond acceptors (Lipinski definition) is 8. The third-order valence-corrected chi connectivity index (χ3v) is 10.7. The molecule has 0 bridgehead atoms. The first-order valence-corrected chi connectivity index (χ1v) is 24.0. The maximum atomic E-state index is 12.7. The first-order valence-electron chi connectivity index (χ1n) is 22.5. The Hall–Kier alpha value is -1.51. The molecule has 10 heteroatoms. The number of phosphoric ester groups is 1. The molecule has 0 spiro atoms. The largest absolute Gasteiger partial charge is 0.756 e. The summed E-state index contributed by atoms with van der Waals surface area (Å²) >= 11 is 0. The number of rotatable bonds is 41. The van der Waals surface area contributed by atoms with Gasteiger partial charge in [-0.1, -0.05) is 167 Å². The van der Waals surface area contributed by atoms with Crippen molar-refractivity contribution in [2.24, 2.45) is 0 Å². The van der Waals surface area contributed by atoms with Gasteiger partial charge in [0.05, 0.1) is 27.7 Å². The Morgan fingerprint density at radius 2 is 0.982 bits per heavy atom. The molecule has 0 radical (unpaired) electrons. The summed E-state index contributed by atoms with van der Waals surface area (Å²) in [6, 6.07) is 0. The van der Waals surface area contributed by atoms with Crippen molar-refractivity contribution < 1.29 is 42.1 Å². The topological polar surface area (TPSA) is 111 Å². The minimum Gasteiger partial charge on any atom is -0.756 e. The van der Waals surface area contributed by atoms with E-state index in [9.17, 15) is 19.0 Å². The zero-order valence-corrected chi connectivity index (χ0v) is 37.3. The molecule has 0 heterocycles. The highest BCUT2D eigenvalue weighted by Gasteiger charge is 2.21. The molecular formula is C45H86NO8P. The summed E-state index contributed by atoms with van der Waals surface area (Å²) in [7, 11) is 1.16. The van der Waals surface area contributed by atoms with E-state index in [2.05, 4.69) is 38.2 Å². The molecule has 0 saturated heterocycles. The summed E-state index contributed by atoms with van der Waals surface area (Å²) in [5.41, 5.74) is 0. The summed E-state index contributed by atoms with van der Waals surface area (Å²) < 4.78 is 33.9. The monoisotopic (exact) mass is 800 g/mol. The lowest BCUT2D eigenvalue weighted by atomic mass is 10.0. The van der Waals surface area contributed by atoms with Crippen molar-refractivity contribution in [1.29, 1.82) is 0 Å². The normalized spacial score (nSPS) is 13.8. The minimum atomic E-state index is -4.63. The predicted molar refractivity (Wildman–Crippen MR) is 227 cm³/mol. The van der Waals surface area contributed by atoms with Crippen LogP contribution in [0.2, 0.25) is 0 Å². The number of quaternary nitrogens is 1. The van der Waals surface area contributed by atoms with Crippen LogP contribution in [0.25, 0.3) is 0 Å². The van der Waals surface area contributed by atoms with Crippen LogP contribution in [0.5, 0.6) is 0 Å². The molecule has 0 aliphatic heterocycles. The first kappa shape index (κ1) is 53.5. The molecule has 0 aliphatic rings. The van der Waals surface area contributed by atoms with Gasteiger partial charge in [0, 0.05) is 12.8 Å². The van der Waals surface area contributed by atoms with E-state index in [-0.39, 0.29) is 26.1 Å².